The Balaban J connectivity index is 1.75. The van der Waals surface area contributed by atoms with E-state index in [9.17, 15) is 17.6 Å². The quantitative estimate of drug-likeness (QED) is 0.558. The van der Waals surface area contributed by atoms with Crippen LogP contribution in [0, 0.1) is 5.82 Å². The summed E-state index contributed by atoms with van der Waals surface area (Å²) in [7, 11) is -3.55. The van der Waals surface area contributed by atoms with Crippen molar-refractivity contribution >= 4 is 21.4 Å². The van der Waals surface area contributed by atoms with Gasteiger partial charge in [0.2, 0.25) is 0 Å². The molecule has 0 aromatic heterocycles. The lowest BCUT2D eigenvalue weighted by atomic mass is 10.2. The van der Waals surface area contributed by atoms with Gasteiger partial charge in [-0.3, -0.25) is 4.79 Å². The molecule has 3 aromatic carbocycles. The van der Waals surface area contributed by atoms with Crippen molar-refractivity contribution in [2.24, 2.45) is 0 Å². The SMILES string of the molecule is CCCS(=O)(=O)c1ccccc1C(=O)Nc1cccc(OCc2cccc(F)c2)c1. The number of anilines is 1. The Hall–Kier alpha value is -3.19. The number of sulfone groups is 1. The number of rotatable bonds is 8. The van der Waals surface area contributed by atoms with Gasteiger partial charge in [0.05, 0.1) is 16.2 Å². The summed E-state index contributed by atoms with van der Waals surface area (Å²) in [5, 5.41) is 2.72. The maximum Gasteiger partial charge on any atom is 0.256 e. The molecular formula is C23H22FNO4S. The number of ether oxygens (including phenoxy) is 1. The molecule has 0 spiro atoms. The molecule has 3 aromatic rings. The highest BCUT2D eigenvalue weighted by atomic mass is 32.2. The van der Waals surface area contributed by atoms with E-state index in [0.29, 0.717) is 23.4 Å². The molecule has 0 atom stereocenters. The molecule has 0 heterocycles. The van der Waals surface area contributed by atoms with Gasteiger partial charge in [-0.15, -0.1) is 0 Å². The van der Waals surface area contributed by atoms with Crippen molar-refractivity contribution in [2.75, 3.05) is 11.1 Å². The van der Waals surface area contributed by atoms with Gasteiger partial charge < -0.3 is 10.1 Å². The van der Waals surface area contributed by atoms with Crippen LogP contribution in [-0.2, 0) is 16.4 Å². The Kier molecular flexibility index (Phi) is 6.84. The van der Waals surface area contributed by atoms with Crippen LogP contribution in [0.25, 0.3) is 0 Å². The molecule has 7 heteroatoms. The van der Waals surface area contributed by atoms with Crippen LogP contribution in [0.1, 0.15) is 29.3 Å². The molecule has 1 amide bonds. The van der Waals surface area contributed by atoms with E-state index < -0.39 is 15.7 Å². The molecule has 156 valence electrons. The van der Waals surface area contributed by atoms with E-state index in [0.717, 1.165) is 0 Å². The highest BCUT2D eigenvalue weighted by Gasteiger charge is 2.21. The van der Waals surface area contributed by atoms with Crippen LogP contribution in [0.3, 0.4) is 0 Å². The molecule has 0 aliphatic rings. The van der Waals surface area contributed by atoms with Gasteiger partial charge in [0.15, 0.2) is 9.84 Å². The molecule has 30 heavy (non-hydrogen) atoms. The molecule has 1 N–H and O–H groups in total. The number of nitrogens with one attached hydrogen (secondary N) is 1. The molecule has 0 saturated heterocycles. The molecule has 0 radical (unpaired) electrons. The van der Waals surface area contributed by atoms with Gasteiger partial charge >= 0.3 is 0 Å². The molecule has 0 bridgehead atoms. The highest BCUT2D eigenvalue weighted by molar-refractivity contribution is 7.91. The largest absolute Gasteiger partial charge is 0.489 e. The van der Waals surface area contributed by atoms with E-state index in [2.05, 4.69) is 5.32 Å². The number of amides is 1. The fraction of sp³-hybridized carbons (Fsp3) is 0.174. The number of hydrogen-bond acceptors (Lipinski definition) is 4. The van der Waals surface area contributed by atoms with Gasteiger partial charge in [0, 0.05) is 11.8 Å². The summed E-state index contributed by atoms with van der Waals surface area (Å²) in [5.74, 6) is -0.397. The first kappa shape index (κ1) is 21.5. The van der Waals surface area contributed by atoms with Crippen LogP contribution in [0.5, 0.6) is 5.75 Å². The Morgan fingerprint density at radius 2 is 1.77 bits per heavy atom. The minimum atomic E-state index is -3.55. The molecular weight excluding hydrogens is 405 g/mol. The van der Waals surface area contributed by atoms with Crippen molar-refractivity contribution in [1.29, 1.82) is 0 Å². The zero-order chi connectivity index (χ0) is 21.6. The van der Waals surface area contributed by atoms with Crippen LogP contribution >= 0.6 is 0 Å². The predicted octanol–water partition coefficient (Wildman–Crippen LogP) is 4.84. The summed E-state index contributed by atoms with van der Waals surface area (Å²) >= 11 is 0. The minimum absolute atomic E-state index is 0.0165. The van der Waals surface area contributed by atoms with Crippen molar-refractivity contribution in [3.8, 4) is 5.75 Å². The van der Waals surface area contributed by atoms with E-state index >= 15 is 0 Å². The summed E-state index contributed by atoms with van der Waals surface area (Å²) < 4.78 is 43.9. The van der Waals surface area contributed by atoms with E-state index in [1.54, 1.807) is 55.5 Å². The van der Waals surface area contributed by atoms with E-state index in [4.69, 9.17) is 4.74 Å². The van der Waals surface area contributed by atoms with E-state index in [1.807, 2.05) is 0 Å². The van der Waals surface area contributed by atoms with Gasteiger partial charge in [-0.05, 0) is 48.4 Å². The van der Waals surface area contributed by atoms with Crippen LogP contribution in [0.15, 0.2) is 77.7 Å². The average molecular weight is 427 g/mol. The summed E-state index contributed by atoms with van der Waals surface area (Å²) in [4.78, 5) is 12.8. The van der Waals surface area contributed by atoms with Crippen molar-refractivity contribution in [3.63, 3.8) is 0 Å². The van der Waals surface area contributed by atoms with E-state index in [1.165, 1.54) is 24.3 Å². The highest BCUT2D eigenvalue weighted by Crippen LogP contribution is 2.22. The standard InChI is InChI=1S/C23H22FNO4S/c1-2-13-30(27,28)22-12-4-3-11-21(22)23(26)25-19-9-6-10-20(15-19)29-16-17-7-5-8-18(24)14-17/h3-12,14-15H,2,13,16H2,1H3,(H,25,26). The summed E-state index contributed by atoms with van der Waals surface area (Å²) in [5.41, 5.74) is 1.23. The number of carbonyl (C=O) groups is 1. The first-order valence-corrected chi connectivity index (χ1v) is 11.1. The Labute approximate surface area is 175 Å². The smallest absolute Gasteiger partial charge is 0.256 e. The Bertz CT molecular complexity index is 1150. The number of benzene rings is 3. The number of carbonyl (C=O) groups excluding carboxylic acids is 1. The second-order valence-corrected chi connectivity index (χ2v) is 8.79. The third-order valence-electron chi connectivity index (χ3n) is 4.33. The summed E-state index contributed by atoms with van der Waals surface area (Å²) in [6, 6.07) is 19.0. The minimum Gasteiger partial charge on any atom is -0.489 e. The zero-order valence-corrected chi connectivity index (χ0v) is 17.3. The Morgan fingerprint density at radius 3 is 2.53 bits per heavy atom. The van der Waals surface area contributed by atoms with Crippen molar-refractivity contribution < 1.29 is 22.3 Å². The molecule has 0 saturated carbocycles. The first-order chi connectivity index (χ1) is 14.4. The van der Waals surface area contributed by atoms with Crippen LogP contribution in [-0.4, -0.2) is 20.1 Å². The lowest BCUT2D eigenvalue weighted by Crippen LogP contribution is -2.17. The van der Waals surface area contributed by atoms with Crippen LogP contribution < -0.4 is 10.1 Å². The predicted molar refractivity (Wildman–Crippen MR) is 114 cm³/mol. The van der Waals surface area contributed by atoms with Crippen molar-refractivity contribution in [1.82, 2.24) is 0 Å². The van der Waals surface area contributed by atoms with Crippen LogP contribution in [0.4, 0.5) is 10.1 Å². The number of hydrogen-bond donors (Lipinski definition) is 1. The second kappa shape index (κ2) is 9.54. The van der Waals surface area contributed by atoms with Crippen molar-refractivity contribution in [3.05, 3.63) is 89.7 Å². The average Bonchev–Trinajstić information content (AvgIpc) is 2.72. The maximum atomic E-state index is 13.3. The van der Waals surface area contributed by atoms with Gasteiger partial charge in [0.25, 0.3) is 5.91 Å². The fourth-order valence-electron chi connectivity index (χ4n) is 2.96. The molecule has 5 nitrogen and oxygen atoms in total. The van der Waals surface area contributed by atoms with Crippen LogP contribution in [0.2, 0.25) is 0 Å². The zero-order valence-electron chi connectivity index (χ0n) is 16.5. The number of halogens is 1. The second-order valence-electron chi connectivity index (χ2n) is 6.72. The molecule has 0 aliphatic heterocycles. The molecule has 0 unspecified atom stereocenters. The normalized spacial score (nSPS) is 11.1. The lowest BCUT2D eigenvalue weighted by Gasteiger charge is -2.12. The molecule has 0 aliphatic carbocycles. The summed E-state index contributed by atoms with van der Waals surface area (Å²) in [6.45, 7) is 1.95. The van der Waals surface area contributed by atoms with E-state index in [-0.39, 0.29) is 28.6 Å². The third kappa shape index (κ3) is 5.45. The summed E-state index contributed by atoms with van der Waals surface area (Å²) in [6.07, 6.45) is 0.461. The van der Waals surface area contributed by atoms with Gasteiger partial charge in [-0.1, -0.05) is 37.3 Å². The fourth-order valence-corrected chi connectivity index (χ4v) is 4.50. The third-order valence-corrected chi connectivity index (χ3v) is 6.30. The Morgan fingerprint density at radius 1 is 1.00 bits per heavy atom. The monoisotopic (exact) mass is 427 g/mol. The first-order valence-electron chi connectivity index (χ1n) is 9.49. The van der Waals surface area contributed by atoms with Gasteiger partial charge in [-0.25, -0.2) is 12.8 Å². The lowest BCUT2D eigenvalue weighted by molar-refractivity contribution is 0.102. The molecule has 0 fully saturated rings. The van der Waals surface area contributed by atoms with Gasteiger partial charge in [0.1, 0.15) is 18.2 Å². The van der Waals surface area contributed by atoms with Crippen molar-refractivity contribution in [2.45, 2.75) is 24.8 Å². The van der Waals surface area contributed by atoms with Gasteiger partial charge in [-0.2, -0.15) is 0 Å². The molecule has 3 rings (SSSR count). The topological polar surface area (TPSA) is 72.5 Å². The maximum absolute atomic E-state index is 13.3.